The largest absolute Gasteiger partial charge is 0.392 e. The molecule has 2 rings (SSSR count). The van der Waals surface area contributed by atoms with E-state index in [0.717, 1.165) is 5.56 Å². The van der Waals surface area contributed by atoms with Crippen LogP contribution in [0.4, 0.5) is 17.2 Å². The molecule has 2 N–H and O–H groups in total. The first-order chi connectivity index (χ1) is 9.02. The minimum atomic E-state index is -0.452. The third-order valence-corrected chi connectivity index (χ3v) is 2.77. The summed E-state index contributed by atoms with van der Waals surface area (Å²) in [5.74, 6) is 0.333. The molecule has 7 nitrogen and oxygen atoms in total. The van der Waals surface area contributed by atoms with Crippen molar-refractivity contribution in [3.05, 3.63) is 45.6 Å². The Balaban J connectivity index is 2.34. The Kier molecular flexibility index (Phi) is 3.48. The van der Waals surface area contributed by atoms with Gasteiger partial charge >= 0.3 is 5.69 Å². The predicted octanol–water partition coefficient (Wildman–Crippen LogP) is 1.87. The zero-order chi connectivity index (χ0) is 14.0. The number of anilines is 2. The average Bonchev–Trinajstić information content (AvgIpc) is 2.65. The van der Waals surface area contributed by atoms with Gasteiger partial charge in [-0.05, 0) is 24.6 Å². The zero-order valence-corrected chi connectivity index (χ0v) is 10.6. The molecule has 1 heterocycles. The van der Waals surface area contributed by atoms with E-state index >= 15 is 0 Å². The Morgan fingerprint density at radius 2 is 2.05 bits per heavy atom. The molecule has 0 atom stereocenters. The van der Waals surface area contributed by atoms with Gasteiger partial charge in [-0.3, -0.25) is 10.1 Å². The van der Waals surface area contributed by atoms with Crippen LogP contribution in [0.15, 0.2) is 24.3 Å². The van der Waals surface area contributed by atoms with E-state index in [1.807, 2.05) is 0 Å². The minimum Gasteiger partial charge on any atom is -0.392 e. The fourth-order valence-corrected chi connectivity index (χ4v) is 1.84. The van der Waals surface area contributed by atoms with Crippen molar-refractivity contribution in [1.82, 2.24) is 9.78 Å². The van der Waals surface area contributed by atoms with Crippen LogP contribution in [0.5, 0.6) is 0 Å². The molecule has 2 aromatic rings. The number of aliphatic hydroxyl groups is 1. The molecule has 100 valence electrons. The Morgan fingerprint density at radius 1 is 1.42 bits per heavy atom. The summed E-state index contributed by atoms with van der Waals surface area (Å²) in [4.78, 5) is 10.6. The third-order valence-electron chi connectivity index (χ3n) is 2.77. The van der Waals surface area contributed by atoms with E-state index in [4.69, 9.17) is 5.11 Å². The Labute approximate surface area is 109 Å². The molecule has 0 amide bonds. The van der Waals surface area contributed by atoms with Gasteiger partial charge in [0.2, 0.25) is 5.82 Å². The summed E-state index contributed by atoms with van der Waals surface area (Å²) in [6.45, 7) is 1.56. The van der Waals surface area contributed by atoms with E-state index in [-0.39, 0.29) is 12.3 Å². The number of aliphatic hydroxyl groups excluding tert-OH is 1. The second kappa shape index (κ2) is 5.07. The van der Waals surface area contributed by atoms with E-state index < -0.39 is 4.92 Å². The standard InChI is InChI=1S/C12H14N4O3/c1-8-11(16(18)19)12(15(2)14-8)13-10-5-3-9(7-17)4-6-10/h3-6,13,17H,7H2,1-2H3. The lowest BCUT2D eigenvalue weighted by molar-refractivity contribution is -0.384. The summed E-state index contributed by atoms with van der Waals surface area (Å²) < 4.78 is 1.44. The van der Waals surface area contributed by atoms with Gasteiger partial charge in [-0.25, -0.2) is 4.68 Å². The number of aryl methyl sites for hydroxylation is 2. The maximum atomic E-state index is 11.0. The van der Waals surface area contributed by atoms with Crippen molar-refractivity contribution in [2.24, 2.45) is 7.05 Å². The highest BCUT2D eigenvalue weighted by atomic mass is 16.6. The first-order valence-corrected chi connectivity index (χ1v) is 5.67. The van der Waals surface area contributed by atoms with Gasteiger partial charge in [0.1, 0.15) is 5.69 Å². The van der Waals surface area contributed by atoms with Crippen LogP contribution in [-0.2, 0) is 13.7 Å². The Morgan fingerprint density at radius 3 is 2.58 bits per heavy atom. The lowest BCUT2D eigenvalue weighted by atomic mass is 10.2. The fourth-order valence-electron chi connectivity index (χ4n) is 1.84. The molecule has 0 unspecified atom stereocenters. The molecule has 7 heteroatoms. The Bertz CT molecular complexity index is 604. The quantitative estimate of drug-likeness (QED) is 0.648. The van der Waals surface area contributed by atoms with E-state index in [9.17, 15) is 10.1 Å². The topological polar surface area (TPSA) is 93.2 Å². The molecule has 0 radical (unpaired) electrons. The average molecular weight is 262 g/mol. The third kappa shape index (κ3) is 2.55. The van der Waals surface area contributed by atoms with Crippen molar-refractivity contribution in [3.63, 3.8) is 0 Å². The number of aromatic nitrogens is 2. The van der Waals surface area contributed by atoms with Crippen molar-refractivity contribution in [2.45, 2.75) is 13.5 Å². The molecule has 0 aliphatic heterocycles. The number of nitrogens with zero attached hydrogens (tertiary/aromatic N) is 3. The van der Waals surface area contributed by atoms with Crippen LogP contribution in [0, 0.1) is 17.0 Å². The second-order valence-electron chi connectivity index (χ2n) is 4.14. The summed E-state index contributed by atoms with van der Waals surface area (Å²) in [5.41, 5.74) is 1.81. The van der Waals surface area contributed by atoms with Gasteiger partial charge in [0.25, 0.3) is 0 Å². The zero-order valence-electron chi connectivity index (χ0n) is 10.6. The van der Waals surface area contributed by atoms with Gasteiger partial charge in [-0.1, -0.05) is 12.1 Å². The van der Waals surface area contributed by atoms with E-state index in [1.54, 1.807) is 38.2 Å². The SMILES string of the molecule is Cc1nn(C)c(Nc2ccc(CO)cc2)c1[N+](=O)[O-]. The van der Waals surface area contributed by atoms with E-state index in [0.29, 0.717) is 17.2 Å². The highest BCUT2D eigenvalue weighted by molar-refractivity contribution is 5.67. The minimum absolute atomic E-state index is 0.0336. The lowest BCUT2D eigenvalue weighted by Crippen LogP contribution is -2.01. The van der Waals surface area contributed by atoms with Crippen molar-refractivity contribution in [3.8, 4) is 0 Å². The molecule has 0 fully saturated rings. The van der Waals surface area contributed by atoms with E-state index in [1.165, 1.54) is 4.68 Å². The number of nitro groups is 1. The number of hydrogen-bond donors (Lipinski definition) is 2. The molecule has 0 spiro atoms. The first kappa shape index (κ1) is 13.0. The second-order valence-corrected chi connectivity index (χ2v) is 4.14. The molecule has 0 aliphatic carbocycles. The molecule has 0 bridgehead atoms. The van der Waals surface area contributed by atoms with Gasteiger partial charge in [0.05, 0.1) is 11.5 Å². The summed E-state index contributed by atoms with van der Waals surface area (Å²) in [7, 11) is 1.64. The number of benzene rings is 1. The van der Waals surface area contributed by atoms with Crippen LogP contribution in [0.25, 0.3) is 0 Å². The Hall–Kier alpha value is -2.41. The van der Waals surface area contributed by atoms with Gasteiger partial charge in [-0.2, -0.15) is 5.10 Å². The highest BCUT2D eigenvalue weighted by Crippen LogP contribution is 2.30. The van der Waals surface area contributed by atoms with Crippen molar-refractivity contribution < 1.29 is 10.0 Å². The van der Waals surface area contributed by atoms with Crippen LogP contribution in [0.1, 0.15) is 11.3 Å². The summed E-state index contributed by atoms with van der Waals surface area (Å²) in [5, 5.41) is 27.0. The van der Waals surface area contributed by atoms with Gasteiger partial charge < -0.3 is 10.4 Å². The summed E-state index contributed by atoms with van der Waals surface area (Å²) >= 11 is 0. The van der Waals surface area contributed by atoms with Crippen LogP contribution in [-0.4, -0.2) is 19.8 Å². The molecule has 1 aromatic carbocycles. The molecule has 1 aromatic heterocycles. The van der Waals surface area contributed by atoms with Gasteiger partial charge in [0.15, 0.2) is 0 Å². The monoisotopic (exact) mass is 262 g/mol. The maximum absolute atomic E-state index is 11.0. The lowest BCUT2D eigenvalue weighted by Gasteiger charge is -2.06. The maximum Gasteiger partial charge on any atom is 0.334 e. The number of nitrogens with one attached hydrogen (secondary N) is 1. The summed E-state index contributed by atoms with van der Waals surface area (Å²) in [6, 6.07) is 6.99. The van der Waals surface area contributed by atoms with Gasteiger partial charge in [-0.15, -0.1) is 0 Å². The van der Waals surface area contributed by atoms with Crippen LogP contribution in [0.2, 0.25) is 0 Å². The molecule has 0 saturated heterocycles. The normalized spacial score (nSPS) is 10.5. The van der Waals surface area contributed by atoms with Crippen molar-refractivity contribution in [1.29, 1.82) is 0 Å². The predicted molar refractivity (Wildman–Crippen MR) is 70.2 cm³/mol. The van der Waals surface area contributed by atoms with Crippen LogP contribution in [0.3, 0.4) is 0 Å². The molecular formula is C12H14N4O3. The van der Waals surface area contributed by atoms with Crippen LogP contribution < -0.4 is 5.32 Å². The van der Waals surface area contributed by atoms with Gasteiger partial charge in [0, 0.05) is 12.7 Å². The smallest absolute Gasteiger partial charge is 0.334 e. The fraction of sp³-hybridized carbons (Fsp3) is 0.250. The highest BCUT2D eigenvalue weighted by Gasteiger charge is 2.23. The molecule has 0 aliphatic rings. The summed E-state index contributed by atoms with van der Waals surface area (Å²) in [6.07, 6.45) is 0. The molecule has 19 heavy (non-hydrogen) atoms. The van der Waals surface area contributed by atoms with Crippen molar-refractivity contribution >= 4 is 17.2 Å². The molecular weight excluding hydrogens is 248 g/mol. The first-order valence-electron chi connectivity index (χ1n) is 5.67. The van der Waals surface area contributed by atoms with E-state index in [2.05, 4.69) is 10.4 Å². The number of hydrogen-bond acceptors (Lipinski definition) is 5. The molecule has 0 saturated carbocycles. The van der Waals surface area contributed by atoms with Crippen molar-refractivity contribution in [2.75, 3.05) is 5.32 Å². The number of rotatable bonds is 4. The van der Waals surface area contributed by atoms with Crippen LogP contribution >= 0.6 is 0 Å².